The van der Waals surface area contributed by atoms with Crippen LogP contribution in [0.5, 0.6) is 0 Å². The number of carbonyl (C=O) groups excluding carboxylic acids is 6. The van der Waals surface area contributed by atoms with E-state index in [0.29, 0.717) is 12.8 Å². The molecule has 1 aliphatic rings. The summed E-state index contributed by atoms with van der Waals surface area (Å²) in [6.07, 6.45) is 2.81. The first kappa shape index (κ1) is 40.6. The van der Waals surface area contributed by atoms with Crippen molar-refractivity contribution in [3.8, 4) is 0 Å². The van der Waals surface area contributed by atoms with Gasteiger partial charge in [-0.2, -0.15) is 0 Å². The van der Waals surface area contributed by atoms with Crippen molar-refractivity contribution in [2.75, 3.05) is 20.1 Å². The molecule has 1 rings (SSSR count). The van der Waals surface area contributed by atoms with Crippen LogP contribution in [0.3, 0.4) is 0 Å². The van der Waals surface area contributed by atoms with E-state index < -0.39 is 64.5 Å². The monoisotopic (exact) mass is 648 g/mol. The minimum absolute atomic E-state index is 0.0330. The molecule has 5 atom stereocenters. The molecular formula is C34H60N6O6. The SMILES string of the molecule is C=CCNC(=O)C(=O)C(CCC)NC(=O)[C@@H]1C(C(C)C)CCN1C(=O)[C@@H](NC(=O)N[C@H](C(=O)N(C)C(C)C)C(C)(C)C)C(C)(C)C. The summed E-state index contributed by atoms with van der Waals surface area (Å²) in [5.74, 6) is -2.95. The molecule has 0 aliphatic carbocycles. The molecule has 0 aromatic carbocycles. The molecule has 46 heavy (non-hydrogen) atoms. The molecule has 1 saturated heterocycles. The van der Waals surface area contributed by atoms with Gasteiger partial charge < -0.3 is 31.1 Å². The molecule has 1 heterocycles. The van der Waals surface area contributed by atoms with Gasteiger partial charge in [0.1, 0.15) is 18.1 Å². The van der Waals surface area contributed by atoms with Crippen molar-refractivity contribution in [2.24, 2.45) is 22.7 Å². The Labute approximate surface area is 276 Å². The summed E-state index contributed by atoms with van der Waals surface area (Å²) in [5.41, 5.74) is -1.37. The highest BCUT2D eigenvalue weighted by molar-refractivity contribution is 6.38. The third-order valence-electron chi connectivity index (χ3n) is 8.59. The smallest absolute Gasteiger partial charge is 0.316 e. The molecule has 12 heteroatoms. The number of likely N-dealkylation sites (N-methyl/N-ethyl adjacent to an activating group) is 1. The third-order valence-corrected chi connectivity index (χ3v) is 8.59. The van der Waals surface area contributed by atoms with Gasteiger partial charge in [-0.15, -0.1) is 6.58 Å². The van der Waals surface area contributed by atoms with E-state index in [4.69, 9.17) is 0 Å². The molecule has 262 valence electrons. The number of nitrogens with one attached hydrogen (secondary N) is 4. The van der Waals surface area contributed by atoms with Crippen LogP contribution in [0.1, 0.15) is 95.4 Å². The van der Waals surface area contributed by atoms with Crippen molar-refractivity contribution >= 4 is 35.4 Å². The van der Waals surface area contributed by atoms with Crippen LogP contribution in [0.25, 0.3) is 0 Å². The van der Waals surface area contributed by atoms with E-state index in [1.165, 1.54) is 11.0 Å². The topological polar surface area (TPSA) is 157 Å². The Hall–Kier alpha value is -3.44. The maximum atomic E-state index is 14.3. The van der Waals surface area contributed by atoms with E-state index in [0.717, 1.165) is 0 Å². The Kier molecular flexibility index (Phi) is 14.9. The van der Waals surface area contributed by atoms with Crippen LogP contribution in [0.15, 0.2) is 12.7 Å². The fourth-order valence-corrected chi connectivity index (χ4v) is 5.55. The van der Waals surface area contributed by atoms with Crippen LogP contribution in [0.4, 0.5) is 4.79 Å². The van der Waals surface area contributed by atoms with Gasteiger partial charge in [-0.1, -0.05) is 74.8 Å². The average molecular weight is 649 g/mol. The second kappa shape index (κ2) is 16.9. The maximum Gasteiger partial charge on any atom is 0.316 e. The van der Waals surface area contributed by atoms with E-state index in [9.17, 15) is 28.8 Å². The average Bonchev–Trinajstić information content (AvgIpc) is 3.40. The standard InChI is InChI=1S/C34H60N6O6/c1-14-16-23(25(41)29(43)35-18-15-2)36-28(42)24-22(20(3)4)17-19-40(24)31(45)27(34(10,11)12)38-32(46)37-26(33(7,8)9)30(44)39(13)21(5)6/h15,20-24,26-27H,2,14,16-19H2,1,3-13H3,(H,35,43)(H,36,42)(H2,37,38,46)/t22?,23?,24-,26+,27+/m0/s1. The predicted octanol–water partition coefficient (Wildman–Crippen LogP) is 3.01. The zero-order valence-corrected chi connectivity index (χ0v) is 30.2. The van der Waals surface area contributed by atoms with E-state index in [-0.39, 0.29) is 43.3 Å². The van der Waals surface area contributed by atoms with Crippen molar-refractivity contribution in [1.82, 2.24) is 31.1 Å². The number of hydrogen-bond acceptors (Lipinski definition) is 6. The number of ketones is 1. The van der Waals surface area contributed by atoms with Crippen molar-refractivity contribution in [3.05, 3.63) is 12.7 Å². The fraction of sp³-hybridized carbons (Fsp3) is 0.765. The van der Waals surface area contributed by atoms with Crippen LogP contribution < -0.4 is 21.3 Å². The maximum absolute atomic E-state index is 14.3. The summed E-state index contributed by atoms with van der Waals surface area (Å²) in [6, 6.07) is -4.60. The van der Waals surface area contributed by atoms with Crippen molar-refractivity contribution in [2.45, 2.75) is 126 Å². The molecule has 4 N–H and O–H groups in total. The van der Waals surface area contributed by atoms with Crippen LogP contribution in [0, 0.1) is 22.7 Å². The first-order chi connectivity index (χ1) is 21.1. The molecule has 0 radical (unpaired) electrons. The van der Waals surface area contributed by atoms with Gasteiger partial charge in [0, 0.05) is 26.2 Å². The van der Waals surface area contributed by atoms with E-state index in [1.807, 2.05) is 76.2 Å². The number of carbonyl (C=O) groups is 6. The van der Waals surface area contributed by atoms with Gasteiger partial charge in [0.2, 0.25) is 23.5 Å². The zero-order chi connectivity index (χ0) is 35.7. The van der Waals surface area contributed by atoms with Gasteiger partial charge in [0.25, 0.3) is 5.91 Å². The molecular weight excluding hydrogens is 588 g/mol. The van der Waals surface area contributed by atoms with Crippen molar-refractivity contribution < 1.29 is 28.8 Å². The molecule has 0 spiro atoms. The highest BCUT2D eigenvalue weighted by Crippen LogP contribution is 2.33. The Bertz CT molecular complexity index is 1120. The van der Waals surface area contributed by atoms with Gasteiger partial charge in [-0.25, -0.2) is 4.79 Å². The second-order valence-corrected chi connectivity index (χ2v) is 15.1. The van der Waals surface area contributed by atoms with Crippen LogP contribution in [-0.2, 0) is 24.0 Å². The lowest BCUT2D eigenvalue weighted by Crippen LogP contribution is -2.63. The first-order valence-electron chi connectivity index (χ1n) is 16.5. The van der Waals surface area contributed by atoms with Crippen molar-refractivity contribution in [3.63, 3.8) is 0 Å². The fourth-order valence-electron chi connectivity index (χ4n) is 5.55. The number of hydrogen-bond donors (Lipinski definition) is 4. The predicted molar refractivity (Wildman–Crippen MR) is 180 cm³/mol. The van der Waals surface area contributed by atoms with Gasteiger partial charge >= 0.3 is 6.03 Å². The number of urea groups is 1. The molecule has 0 bridgehead atoms. The Morgan fingerprint density at radius 1 is 0.913 bits per heavy atom. The lowest BCUT2D eigenvalue weighted by molar-refractivity contribution is -0.144. The Morgan fingerprint density at radius 3 is 1.91 bits per heavy atom. The third kappa shape index (κ3) is 10.8. The Morgan fingerprint density at radius 2 is 1.46 bits per heavy atom. The first-order valence-corrected chi connectivity index (χ1v) is 16.5. The second-order valence-electron chi connectivity index (χ2n) is 15.1. The molecule has 1 fully saturated rings. The lowest BCUT2D eigenvalue weighted by Gasteiger charge is -2.38. The molecule has 0 aromatic heterocycles. The summed E-state index contributed by atoms with van der Waals surface area (Å²) < 4.78 is 0. The molecule has 0 saturated carbocycles. The molecule has 1 aliphatic heterocycles. The van der Waals surface area contributed by atoms with Gasteiger partial charge in [-0.3, -0.25) is 24.0 Å². The van der Waals surface area contributed by atoms with Gasteiger partial charge in [-0.05, 0) is 49.4 Å². The van der Waals surface area contributed by atoms with E-state index >= 15 is 0 Å². The number of rotatable bonds is 14. The van der Waals surface area contributed by atoms with Crippen LogP contribution in [0.2, 0.25) is 0 Å². The highest BCUT2D eigenvalue weighted by atomic mass is 16.2. The summed E-state index contributed by atoms with van der Waals surface area (Å²) in [5, 5.41) is 10.9. The number of Topliss-reactive ketones (excluding diaryl/α,β-unsaturated/α-hetero) is 1. The van der Waals surface area contributed by atoms with Crippen LogP contribution >= 0.6 is 0 Å². The largest absolute Gasteiger partial charge is 0.346 e. The van der Waals surface area contributed by atoms with Gasteiger partial charge in [0.05, 0.1) is 6.04 Å². The number of amides is 6. The minimum Gasteiger partial charge on any atom is -0.346 e. The summed E-state index contributed by atoms with van der Waals surface area (Å²) in [4.78, 5) is 83.4. The molecule has 2 unspecified atom stereocenters. The lowest BCUT2D eigenvalue weighted by atomic mass is 9.84. The molecule has 0 aromatic rings. The Balaban J connectivity index is 3.37. The van der Waals surface area contributed by atoms with Crippen molar-refractivity contribution in [1.29, 1.82) is 0 Å². The van der Waals surface area contributed by atoms with Crippen LogP contribution in [-0.4, -0.2) is 95.6 Å². The zero-order valence-electron chi connectivity index (χ0n) is 30.2. The molecule has 6 amide bonds. The van der Waals surface area contributed by atoms with E-state index in [1.54, 1.807) is 11.9 Å². The quantitative estimate of drug-likeness (QED) is 0.168. The number of likely N-dealkylation sites (tertiary alicyclic amines) is 1. The summed E-state index contributed by atoms with van der Waals surface area (Å²) >= 11 is 0. The number of nitrogens with zero attached hydrogens (tertiary/aromatic N) is 2. The van der Waals surface area contributed by atoms with E-state index in [2.05, 4.69) is 27.8 Å². The summed E-state index contributed by atoms with van der Waals surface area (Å²) in [6.45, 7) is 24.5. The molecule has 12 nitrogen and oxygen atoms in total. The summed E-state index contributed by atoms with van der Waals surface area (Å²) in [7, 11) is 1.68. The van der Waals surface area contributed by atoms with Gasteiger partial charge in [0.15, 0.2) is 0 Å². The minimum atomic E-state index is -1.05. The highest BCUT2D eigenvalue weighted by Gasteiger charge is 2.48. The normalized spacial score (nSPS) is 18.8.